The van der Waals surface area contributed by atoms with E-state index in [1.54, 1.807) is 24.3 Å². The molecule has 33 heavy (non-hydrogen) atoms. The summed E-state index contributed by atoms with van der Waals surface area (Å²) in [6.45, 7) is 0.478. The number of rotatable bonds is 8. The highest BCUT2D eigenvalue weighted by Crippen LogP contribution is 2.39. The molecule has 1 N–H and O–H groups in total. The molecule has 170 valence electrons. The number of aromatic nitrogens is 1. The Morgan fingerprint density at radius 3 is 2.73 bits per heavy atom. The average Bonchev–Trinajstić information content (AvgIpc) is 3.19. The monoisotopic (exact) mass is 505 g/mol. The van der Waals surface area contributed by atoms with Crippen molar-refractivity contribution < 1.29 is 18.7 Å². The van der Waals surface area contributed by atoms with Gasteiger partial charge in [0.15, 0.2) is 17.7 Å². The number of alkyl halides is 1. The van der Waals surface area contributed by atoms with E-state index < -0.39 is 5.91 Å². The number of nitrogens with one attached hydrogen (secondary N) is 1. The zero-order chi connectivity index (χ0) is 23.4. The third-order valence-corrected chi connectivity index (χ3v) is 5.64. The van der Waals surface area contributed by atoms with Crippen LogP contribution < -0.4 is 10.1 Å². The number of hydrogen-bond donors (Lipinski definition) is 1. The van der Waals surface area contributed by atoms with E-state index in [1.807, 2.05) is 6.07 Å². The van der Waals surface area contributed by atoms with E-state index in [2.05, 4.69) is 15.3 Å². The highest BCUT2D eigenvalue weighted by atomic mass is 35.5. The first-order chi connectivity index (χ1) is 16.0. The molecule has 0 aliphatic carbocycles. The van der Waals surface area contributed by atoms with Gasteiger partial charge in [0.2, 0.25) is 0 Å². The average molecular weight is 507 g/mol. The number of furan rings is 1. The number of anilines is 1. The molecule has 0 spiro atoms. The Morgan fingerprint density at radius 1 is 1.21 bits per heavy atom. The maximum Gasteiger partial charge on any atom is 0.256 e. The van der Waals surface area contributed by atoms with Crippen LogP contribution in [-0.4, -0.2) is 36.9 Å². The predicted molar refractivity (Wildman–Crippen MR) is 132 cm³/mol. The predicted octanol–water partition coefficient (Wildman–Crippen LogP) is 6.85. The van der Waals surface area contributed by atoms with Crippen molar-refractivity contribution >= 4 is 80.4 Å². The first-order valence-electron chi connectivity index (χ1n) is 9.87. The maximum atomic E-state index is 13.2. The van der Waals surface area contributed by atoms with E-state index >= 15 is 0 Å². The molecule has 2 aromatic carbocycles. The van der Waals surface area contributed by atoms with Crippen LogP contribution in [0.25, 0.3) is 21.9 Å². The lowest BCUT2D eigenvalue weighted by Gasteiger charge is -2.10. The second-order valence-electron chi connectivity index (χ2n) is 6.88. The van der Waals surface area contributed by atoms with E-state index in [0.717, 1.165) is 6.42 Å². The molecule has 0 saturated carbocycles. The SMILES string of the molecule is COc1ccc(C(=O)Nc2c(Cl)cncc2Cl)c2c1oc1ccc(/N=C\OCCCCl)cc12. The number of pyridine rings is 1. The van der Waals surface area contributed by atoms with Crippen molar-refractivity contribution in [2.45, 2.75) is 6.42 Å². The van der Waals surface area contributed by atoms with E-state index in [1.165, 1.54) is 25.9 Å². The lowest BCUT2D eigenvalue weighted by atomic mass is 10.0. The van der Waals surface area contributed by atoms with Crippen molar-refractivity contribution in [3.63, 3.8) is 0 Å². The van der Waals surface area contributed by atoms with Gasteiger partial charge in [0, 0.05) is 29.0 Å². The van der Waals surface area contributed by atoms with Crippen LogP contribution >= 0.6 is 34.8 Å². The third kappa shape index (κ3) is 4.85. The largest absolute Gasteiger partial charge is 0.493 e. The highest BCUT2D eigenvalue weighted by molar-refractivity contribution is 6.40. The van der Waals surface area contributed by atoms with Crippen molar-refractivity contribution in [3.05, 3.63) is 58.3 Å². The normalized spacial score (nSPS) is 11.4. The summed E-state index contributed by atoms with van der Waals surface area (Å²) in [4.78, 5) is 21.5. The number of carbonyl (C=O) groups is 1. The van der Waals surface area contributed by atoms with E-state index in [0.29, 0.717) is 51.4 Å². The molecular formula is C23H18Cl3N3O4. The molecule has 7 nitrogen and oxygen atoms in total. The fourth-order valence-electron chi connectivity index (χ4n) is 3.28. The number of amides is 1. The van der Waals surface area contributed by atoms with Crippen LogP contribution in [0.4, 0.5) is 11.4 Å². The summed E-state index contributed by atoms with van der Waals surface area (Å²) >= 11 is 18.0. The molecule has 0 radical (unpaired) electrons. The molecule has 1 amide bonds. The molecule has 2 aromatic heterocycles. The summed E-state index contributed by atoms with van der Waals surface area (Å²) in [5.41, 5.74) is 2.27. The summed E-state index contributed by atoms with van der Waals surface area (Å²) in [6.07, 6.45) is 4.90. The van der Waals surface area contributed by atoms with Crippen LogP contribution in [0, 0.1) is 0 Å². The summed E-state index contributed by atoms with van der Waals surface area (Å²) in [7, 11) is 1.53. The van der Waals surface area contributed by atoms with Crippen LogP contribution in [-0.2, 0) is 4.74 Å². The lowest BCUT2D eigenvalue weighted by molar-refractivity contribution is 0.102. The van der Waals surface area contributed by atoms with Crippen LogP contribution in [0.1, 0.15) is 16.8 Å². The fourth-order valence-corrected chi connectivity index (χ4v) is 3.84. The minimum Gasteiger partial charge on any atom is -0.493 e. The number of aliphatic imine (C=N–C) groups is 1. The summed E-state index contributed by atoms with van der Waals surface area (Å²) in [6, 6.07) is 8.69. The van der Waals surface area contributed by atoms with Crippen molar-refractivity contribution in [2.75, 3.05) is 24.9 Å². The lowest BCUT2D eigenvalue weighted by Crippen LogP contribution is -2.13. The zero-order valence-electron chi connectivity index (χ0n) is 17.4. The highest BCUT2D eigenvalue weighted by Gasteiger charge is 2.21. The zero-order valence-corrected chi connectivity index (χ0v) is 19.7. The van der Waals surface area contributed by atoms with E-state index in [9.17, 15) is 4.79 Å². The van der Waals surface area contributed by atoms with Crippen molar-refractivity contribution in [3.8, 4) is 5.75 Å². The molecule has 0 aliphatic rings. The van der Waals surface area contributed by atoms with E-state index in [-0.39, 0.29) is 15.7 Å². The quantitative estimate of drug-likeness (QED) is 0.122. The van der Waals surface area contributed by atoms with Gasteiger partial charge in [0.05, 0.1) is 40.7 Å². The van der Waals surface area contributed by atoms with Gasteiger partial charge < -0.3 is 19.2 Å². The number of methoxy groups -OCH3 is 1. The van der Waals surface area contributed by atoms with Gasteiger partial charge in [-0.25, -0.2) is 4.99 Å². The molecule has 4 aromatic rings. The number of fused-ring (bicyclic) bond motifs is 3. The Balaban J connectivity index is 1.78. The Morgan fingerprint density at radius 2 is 2.00 bits per heavy atom. The summed E-state index contributed by atoms with van der Waals surface area (Å²) in [5.74, 6) is 0.592. The van der Waals surface area contributed by atoms with Crippen molar-refractivity contribution in [1.82, 2.24) is 4.98 Å². The molecule has 0 atom stereocenters. The van der Waals surface area contributed by atoms with Gasteiger partial charge in [-0.15, -0.1) is 11.6 Å². The van der Waals surface area contributed by atoms with Crippen LogP contribution in [0.2, 0.25) is 10.0 Å². The molecule has 10 heteroatoms. The Bertz CT molecular complexity index is 1330. The second kappa shape index (κ2) is 10.3. The first-order valence-corrected chi connectivity index (χ1v) is 11.2. The molecule has 0 saturated heterocycles. The second-order valence-corrected chi connectivity index (χ2v) is 8.07. The molecule has 0 fully saturated rings. The fraction of sp³-hybridized carbons (Fsp3) is 0.174. The van der Waals surface area contributed by atoms with Crippen LogP contribution in [0.5, 0.6) is 5.75 Å². The van der Waals surface area contributed by atoms with Gasteiger partial charge in [0.1, 0.15) is 5.58 Å². The molecule has 0 bridgehead atoms. The van der Waals surface area contributed by atoms with Crippen molar-refractivity contribution in [1.29, 1.82) is 0 Å². The minimum atomic E-state index is -0.418. The first kappa shape index (κ1) is 23.2. The Kier molecular flexibility index (Phi) is 7.23. The minimum absolute atomic E-state index is 0.225. The number of ether oxygens (including phenoxy) is 2. The number of benzene rings is 2. The summed E-state index contributed by atoms with van der Waals surface area (Å²) < 4.78 is 16.8. The van der Waals surface area contributed by atoms with Gasteiger partial charge in [-0.05, 0) is 36.8 Å². The van der Waals surface area contributed by atoms with Gasteiger partial charge in [-0.2, -0.15) is 0 Å². The third-order valence-electron chi connectivity index (χ3n) is 4.79. The van der Waals surface area contributed by atoms with Gasteiger partial charge in [-0.3, -0.25) is 9.78 Å². The van der Waals surface area contributed by atoms with Gasteiger partial charge >= 0.3 is 0 Å². The number of hydrogen-bond acceptors (Lipinski definition) is 6. The smallest absolute Gasteiger partial charge is 0.256 e. The van der Waals surface area contributed by atoms with Gasteiger partial charge in [0.25, 0.3) is 5.91 Å². The van der Waals surface area contributed by atoms with Crippen molar-refractivity contribution in [2.24, 2.45) is 4.99 Å². The summed E-state index contributed by atoms with van der Waals surface area (Å²) in [5, 5.41) is 4.48. The molecule has 0 aliphatic heterocycles. The standard InChI is InChI=1S/C23H18Cl3N3O4/c1-31-19-6-4-14(23(30)29-21-16(25)10-27-11-17(21)26)20-15-9-13(28-12-32-8-2-7-24)3-5-18(15)33-22(19)20/h3-6,9-12H,2,7-8H2,1H3,(H,27,29,30)/b28-12-. The van der Waals surface area contributed by atoms with E-state index in [4.69, 9.17) is 48.7 Å². The maximum absolute atomic E-state index is 13.2. The Labute approximate surface area is 204 Å². The molecule has 4 rings (SSSR count). The Hall–Kier alpha value is -3.00. The molecule has 2 heterocycles. The van der Waals surface area contributed by atoms with Crippen LogP contribution in [0.15, 0.2) is 52.1 Å². The van der Waals surface area contributed by atoms with Gasteiger partial charge in [-0.1, -0.05) is 23.2 Å². The molecule has 0 unspecified atom stereocenters. The molecular weight excluding hydrogens is 489 g/mol. The number of nitrogens with zero attached hydrogens (tertiary/aromatic N) is 2. The number of halogens is 3. The van der Waals surface area contributed by atoms with Crippen LogP contribution in [0.3, 0.4) is 0 Å². The topological polar surface area (TPSA) is 86.0 Å². The number of carbonyl (C=O) groups excluding carboxylic acids is 1.